The Bertz CT molecular complexity index is 642. The number of anilines is 1. The molecule has 7 nitrogen and oxygen atoms in total. The van der Waals surface area contributed by atoms with Gasteiger partial charge in [0.05, 0.1) is 25.1 Å². The van der Waals surface area contributed by atoms with Crippen molar-refractivity contribution in [1.29, 1.82) is 0 Å². The number of carbonyl (C=O) groups is 1. The van der Waals surface area contributed by atoms with Crippen molar-refractivity contribution in [2.24, 2.45) is 0 Å². The summed E-state index contributed by atoms with van der Waals surface area (Å²) in [7, 11) is 1.22. The van der Waals surface area contributed by atoms with E-state index in [0.29, 0.717) is 12.3 Å². The Morgan fingerprint density at radius 1 is 1.50 bits per heavy atom. The van der Waals surface area contributed by atoms with E-state index >= 15 is 0 Å². The number of nitrogens with zero attached hydrogens (tertiary/aromatic N) is 3. The van der Waals surface area contributed by atoms with Gasteiger partial charge in [-0.15, -0.1) is 5.10 Å². The van der Waals surface area contributed by atoms with Crippen molar-refractivity contribution >= 4 is 11.7 Å². The Hall–Kier alpha value is -2.64. The SMILES string of the molecule is CCOc1cc(-n2cnc(C(=O)OC)n2)c(N)cc1F. The third-order valence-electron chi connectivity index (χ3n) is 2.49. The van der Waals surface area contributed by atoms with Gasteiger partial charge in [-0.1, -0.05) is 0 Å². The van der Waals surface area contributed by atoms with E-state index in [0.717, 1.165) is 6.07 Å². The van der Waals surface area contributed by atoms with Crippen LogP contribution in [0, 0.1) is 5.82 Å². The molecule has 0 fully saturated rings. The van der Waals surface area contributed by atoms with Crippen molar-refractivity contribution in [2.45, 2.75) is 6.92 Å². The van der Waals surface area contributed by atoms with Gasteiger partial charge in [0, 0.05) is 12.1 Å². The number of nitrogens with two attached hydrogens (primary N) is 1. The van der Waals surface area contributed by atoms with Crippen LogP contribution >= 0.6 is 0 Å². The van der Waals surface area contributed by atoms with E-state index in [1.807, 2.05) is 0 Å². The summed E-state index contributed by atoms with van der Waals surface area (Å²) in [6.07, 6.45) is 1.28. The highest BCUT2D eigenvalue weighted by molar-refractivity contribution is 5.84. The molecule has 2 aromatic rings. The number of halogens is 1. The summed E-state index contributed by atoms with van der Waals surface area (Å²) in [5, 5.41) is 3.92. The van der Waals surface area contributed by atoms with Crippen molar-refractivity contribution in [3.63, 3.8) is 0 Å². The normalized spacial score (nSPS) is 10.3. The maximum absolute atomic E-state index is 13.6. The van der Waals surface area contributed by atoms with Crippen molar-refractivity contribution in [2.75, 3.05) is 19.5 Å². The third kappa shape index (κ3) is 2.53. The molecule has 106 valence electrons. The van der Waals surface area contributed by atoms with Crippen LogP contribution in [0.15, 0.2) is 18.5 Å². The molecule has 0 saturated carbocycles. The number of nitrogen functional groups attached to an aromatic ring is 1. The van der Waals surface area contributed by atoms with Crippen LogP contribution in [0.3, 0.4) is 0 Å². The maximum atomic E-state index is 13.6. The average Bonchev–Trinajstić information content (AvgIpc) is 2.90. The fourth-order valence-corrected chi connectivity index (χ4v) is 1.59. The lowest BCUT2D eigenvalue weighted by Crippen LogP contribution is -2.07. The lowest BCUT2D eigenvalue weighted by Gasteiger charge is -2.10. The minimum atomic E-state index is -0.672. The van der Waals surface area contributed by atoms with Crippen LogP contribution in [0.1, 0.15) is 17.5 Å². The van der Waals surface area contributed by atoms with Gasteiger partial charge in [0.1, 0.15) is 6.33 Å². The molecule has 1 aromatic heterocycles. The largest absolute Gasteiger partial charge is 0.491 e. The second kappa shape index (κ2) is 5.55. The van der Waals surface area contributed by atoms with Gasteiger partial charge in [-0.2, -0.15) is 0 Å². The molecule has 0 atom stereocenters. The molecular weight excluding hydrogens is 267 g/mol. The summed E-state index contributed by atoms with van der Waals surface area (Å²) in [5.41, 5.74) is 6.24. The first-order valence-electron chi connectivity index (χ1n) is 5.79. The molecule has 0 aliphatic rings. The maximum Gasteiger partial charge on any atom is 0.377 e. The molecule has 0 saturated heterocycles. The van der Waals surface area contributed by atoms with E-state index < -0.39 is 11.8 Å². The summed E-state index contributed by atoms with van der Waals surface area (Å²) >= 11 is 0. The van der Waals surface area contributed by atoms with Crippen molar-refractivity contribution in [1.82, 2.24) is 14.8 Å². The van der Waals surface area contributed by atoms with Crippen LogP contribution in [0.2, 0.25) is 0 Å². The first-order chi connectivity index (χ1) is 9.56. The number of ether oxygens (including phenoxy) is 2. The van der Waals surface area contributed by atoms with Gasteiger partial charge in [-0.3, -0.25) is 0 Å². The summed E-state index contributed by atoms with van der Waals surface area (Å²) in [5.74, 6) is -1.31. The van der Waals surface area contributed by atoms with Crippen LogP contribution in [-0.2, 0) is 4.74 Å². The van der Waals surface area contributed by atoms with E-state index in [4.69, 9.17) is 10.5 Å². The molecule has 0 spiro atoms. The van der Waals surface area contributed by atoms with Gasteiger partial charge in [-0.05, 0) is 6.92 Å². The number of hydrogen-bond acceptors (Lipinski definition) is 6. The van der Waals surface area contributed by atoms with Gasteiger partial charge < -0.3 is 15.2 Å². The molecule has 20 heavy (non-hydrogen) atoms. The molecule has 2 rings (SSSR count). The third-order valence-corrected chi connectivity index (χ3v) is 2.49. The van der Waals surface area contributed by atoms with E-state index in [1.165, 1.54) is 24.2 Å². The number of esters is 1. The predicted molar refractivity (Wildman–Crippen MR) is 68.2 cm³/mol. The summed E-state index contributed by atoms with van der Waals surface area (Å²) < 4.78 is 24.5. The molecule has 2 N–H and O–H groups in total. The fraction of sp³-hybridized carbons (Fsp3) is 0.250. The molecular formula is C12H13FN4O3. The lowest BCUT2D eigenvalue weighted by molar-refractivity contribution is 0.0587. The number of aromatic nitrogens is 3. The molecule has 0 radical (unpaired) electrons. The number of hydrogen-bond donors (Lipinski definition) is 1. The molecule has 1 aromatic carbocycles. The average molecular weight is 280 g/mol. The monoisotopic (exact) mass is 280 g/mol. The van der Waals surface area contributed by atoms with Crippen LogP contribution in [-0.4, -0.2) is 34.5 Å². The van der Waals surface area contributed by atoms with Crippen molar-refractivity contribution in [3.05, 3.63) is 30.1 Å². The molecule has 0 aliphatic carbocycles. The molecule has 0 bridgehead atoms. The van der Waals surface area contributed by atoms with E-state index in [9.17, 15) is 9.18 Å². The highest BCUT2D eigenvalue weighted by atomic mass is 19.1. The molecule has 1 heterocycles. The summed E-state index contributed by atoms with van der Waals surface area (Å²) in [4.78, 5) is 15.1. The van der Waals surface area contributed by atoms with Gasteiger partial charge in [0.2, 0.25) is 0 Å². The van der Waals surface area contributed by atoms with Gasteiger partial charge in [-0.25, -0.2) is 18.9 Å². The number of carbonyl (C=O) groups excluding carboxylic acids is 1. The summed E-state index contributed by atoms with van der Waals surface area (Å²) in [6, 6.07) is 2.52. The Labute approximate surface area is 114 Å². The molecule has 0 aliphatic heterocycles. The van der Waals surface area contributed by atoms with E-state index in [2.05, 4.69) is 14.8 Å². The van der Waals surface area contributed by atoms with Crippen LogP contribution in [0.5, 0.6) is 5.75 Å². The minimum Gasteiger partial charge on any atom is -0.491 e. The van der Waals surface area contributed by atoms with Crippen molar-refractivity contribution in [3.8, 4) is 11.4 Å². The predicted octanol–water partition coefficient (Wildman–Crippen LogP) is 1.17. The lowest BCUT2D eigenvalue weighted by atomic mass is 10.2. The van der Waals surface area contributed by atoms with E-state index in [-0.39, 0.29) is 17.3 Å². The zero-order valence-electron chi connectivity index (χ0n) is 11.0. The first kappa shape index (κ1) is 13.8. The molecule has 0 unspecified atom stereocenters. The Morgan fingerprint density at radius 3 is 2.90 bits per heavy atom. The zero-order chi connectivity index (χ0) is 14.7. The van der Waals surface area contributed by atoms with E-state index in [1.54, 1.807) is 6.92 Å². The fourth-order valence-electron chi connectivity index (χ4n) is 1.59. The number of rotatable bonds is 4. The topological polar surface area (TPSA) is 92.3 Å². The minimum absolute atomic E-state index is 0.0480. The van der Waals surface area contributed by atoms with Gasteiger partial charge in [0.15, 0.2) is 11.6 Å². The van der Waals surface area contributed by atoms with Crippen molar-refractivity contribution < 1.29 is 18.7 Å². The van der Waals surface area contributed by atoms with Crippen LogP contribution < -0.4 is 10.5 Å². The standard InChI is InChI=1S/C12H13FN4O3/c1-3-20-10-5-9(8(14)4-7(10)13)17-6-15-11(16-17)12(18)19-2/h4-6H,3,14H2,1-2H3. The smallest absolute Gasteiger partial charge is 0.377 e. The molecule has 0 amide bonds. The van der Waals surface area contributed by atoms with Gasteiger partial charge >= 0.3 is 5.97 Å². The van der Waals surface area contributed by atoms with Crippen LogP contribution in [0.25, 0.3) is 5.69 Å². The first-order valence-corrected chi connectivity index (χ1v) is 5.79. The zero-order valence-corrected chi connectivity index (χ0v) is 11.0. The highest BCUT2D eigenvalue weighted by Crippen LogP contribution is 2.26. The highest BCUT2D eigenvalue weighted by Gasteiger charge is 2.15. The second-order valence-electron chi connectivity index (χ2n) is 3.78. The number of methoxy groups -OCH3 is 1. The molecule has 8 heteroatoms. The second-order valence-corrected chi connectivity index (χ2v) is 3.78. The summed E-state index contributed by atoms with van der Waals surface area (Å²) in [6.45, 7) is 2.05. The Balaban J connectivity index is 2.44. The van der Waals surface area contributed by atoms with Gasteiger partial charge in [0.25, 0.3) is 5.82 Å². The Morgan fingerprint density at radius 2 is 2.25 bits per heavy atom. The number of benzene rings is 1. The quantitative estimate of drug-likeness (QED) is 0.667. The van der Waals surface area contributed by atoms with Crippen LogP contribution in [0.4, 0.5) is 10.1 Å². The Kier molecular flexibility index (Phi) is 3.83.